The zero-order valence-corrected chi connectivity index (χ0v) is 20.2. The zero-order chi connectivity index (χ0) is 24.1. The number of carbonyl (C=O) groups excluding carboxylic acids is 2. The minimum atomic E-state index is -0.653. The third-order valence-corrected chi connectivity index (χ3v) is 5.98. The van der Waals surface area contributed by atoms with Crippen LogP contribution in [-0.4, -0.2) is 58.9 Å². The van der Waals surface area contributed by atoms with Crippen molar-refractivity contribution in [2.75, 3.05) is 26.2 Å². The van der Waals surface area contributed by atoms with Gasteiger partial charge in [-0.3, -0.25) is 9.59 Å². The van der Waals surface area contributed by atoms with Gasteiger partial charge >= 0.3 is 0 Å². The monoisotopic (exact) mass is 450 g/mol. The number of aliphatic hydroxyl groups is 1. The van der Waals surface area contributed by atoms with E-state index in [0.29, 0.717) is 24.4 Å². The van der Waals surface area contributed by atoms with Gasteiger partial charge in [-0.1, -0.05) is 43.7 Å². The van der Waals surface area contributed by atoms with E-state index in [4.69, 9.17) is 4.74 Å². The zero-order valence-electron chi connectivity index (χ0n) is 20.2. The molecule has 6 nitrogen and oxygen atoms in total. The Morgan fingerprint density at radius 2 is 1.64 bits per heavy atom. The number of hydrogen-bond acceptors (Lipinski definition) is 5. The molecule has 1 aliphatic rings. The average Bonchev–Trinajstić information content (AvgIpc) is 3.05. The number of aliphatic hydroxyl groups excluding tert-OH is 1. The highest BCUT2D eigenvalue weighted by Gasteiger charge is 2.45. The highest BCUT2D eigenvalue weighted by Crippen LogP contribution is 2.39. The minimum Gasteiger partial charge on any atom is -0.507 e. The number of aryl methyl sites for hydroxylation is 1. The van der Waals surface area contributed by atoms with Gasteiger partial charge in [-0.2, -0.15) is 0 Å². The summed E-state index contributed by atoms with van der Waals surface area (Å²) in [4.78, 5) is 30.0. The predicted molar refractivity (Wildman–Crippen MR) is 130 cm³/mol. The van der Waals surface area contributed by atoms with Gasteiger partial charge in [-0.15, -0.1) is 0 Å². The highest BCUT2D eigenvalue weighted by atomic mass is 16.5. The first-order chi connectivity index (χ1) is 15.8. The second-order valence-corrected chi connectivity index (χ2v) is 8.62. The van der Waals surface area contributed by atoms with E-state index in [1.807, 2.05) is 45.0 Å². The number of amides is 1. The maximum atomic E-state index is 13.1. The second-order valence-electron chi connectivity index (χ2n) is 8.62. The van der Waals surface area contributed by atoms with Crippen LogP contribution in [0.4, 0.5) is 0 Å². The van der Waals surface area contributed by atoms with Gasteiger partial charge < -0.3 is 19.6 Å². The number of likely N-dealkylation sites (N-methyl/N-ethyl adjacent to an activating group) is 1. The largest absolute Gasteiger partial charge is 0.507 e. The van der Waals surface area contributed by atoms with Crippen LogP contribution in [0.25, 0.3) is 5.76 Å². The molecule has 0 unspecified atom stereocenters. The molecule has 1 N–H and O–H groups in total. The van der Waals surface area contributed by atoms with Crippen LogP contribution in [0.5, 0.6) is 5.75 Å². The van der Waals surface area contributed by atoms with Crippen LogP contribution in [0, 0.1) is 6.92 Å². The minimum absolute atomic E-state index is 0.0297. The molecule has 1 heterocycles. The molecule has 0 spiro atoms. The topological polar surface area (TPSA) is 70.1 Å². The fourth-order valence-corrected chi connectivity index (χ4v) is 4.11. The van der Waals surface area contributed by atoms with Gasteiger partial charge in [0.1, 0.15) is 11.5 Å². The molecule has 1 saturated heterocycles. The Hall–Kier alpha value is -3.12. The summed E-state index contributed by atoms with van der Waals surface area (Å²) in [6, 6.07) is 14.1. The van der Waals surface area contributed by atoms with Crippen molar-refractivity contribution in [2.45, 2.75) is 46.8 Å². The van der Waals surface area contributed by atoms with Crippen LogP contribution < -0.4 is 4.74 Å². The van der Waals surface area contributed by atoms with Gasteiger partial charge in [0.05, 0.1) is 17.7 Å². The molecule has 176 valence electrons. The SMILES string of the molecule is CCN(CC)CCN1C(=O)C(=O)C(=C(O)c2ccc(OC(C)C)cc2)[C@@H]1c1ccc(C)cc1. The van der Waals surface area contributed by atoms with Crippen LogP contribution in [0.2, 0.25) is 0 Å². The first-order valence-corrected chi connectivity index (χ1v) is 11.6. The summed E-state index contributed by atoms with van der Waals surface area (Å²) in [6.07, 6.45) is 0.0297. The fraction of sp³-hybridized carbons (Fsp3) is 0.407. The number of nitrogens with zero attached hydrogens (tertiary/aromatic N) is 2. The summed E-state index contributed by atoms with van der Waals surface area (Å²) in [5.41, 5.74) is 2.49. The number of benzene rings is 2. The molecule has 0 radical (unpaired) electrons. The standard InChI is InChI=1S/C27H34N2O4/c1-6-28(7-2)16-17-29-24(20-10-8-19(5)9-11-20)23(26(31)27(29)32)25(30)21-12-14-22(15-13-21)33-18(3)4/h8-15,18,24,30H,6-7,16-17H2,1-5H3/t24-/m0/s1. The summed E-state index contributed by atoms with van der Waals surface area (Å²) >= 11 is 0. The fourth-order valence-electron chi connectivity index (χ4n) is 4.11. The van der Waals surface area contributed by atoms with E-state index in [0.717, 1.165) is 24.2 Å². The molecule has 0 aliphatic carbocycles. The van der Waals surface area contributed by atoms with Crippen LogP contribution in [0.1, 0.15) is 50.4 Å². The van der Waals surface area contributed by atoms with Crippen molar-refractivity contribution < 1.29 is 19.4 Å². The highest BCUT2D eigenvalue weighted by molar-refractivity contribution is 6.46. The van der Waals surface area contributed by atoms with E-state index in [1.54, 1.807) is 29.2 Å². The Kier molecular flexibility index (Phi) is 7.92. The molecule has 0 saturated carbocycles. The molecule has 0 aromatic heterocycles. The van der Waals surface area contributed by atoms with Crippen molar-refractivity contribution in [3.05, 3.63) is 70.8 Å². The van der Waals surface area contributed by atoms with E-state index in [2.05, 4.69) is 18.7 Å². The van der Waals surface area contributed by atoms with Crippen LogP contribution in [0.15, 0.2) is 54.1 Å². The molecule has 33 heavy (non-hydrogen) atoms. The first-order valence-electron chi connectivity index (χ1n) is 11.6. The smallest absolute Gasteiger partial charge is 0.295 e. The average molecular weight is 451 g/mol. The Morgan fingerprint density at radius 1 is 1.03 bits per heavy atom. The lowest BCUT2D eigenvalue weighted by molar-refractivity contribution is -0.140. The van der Waals surface area contributed by atoms with E-state index in [1.165, 1.54) is 0 Å². The third kappa shape index (κ3) is 5.45. The molecular formula is C27H34N2O4. The number of ether oxygens (including phenoxy) is 1. The van der Waals surface area contributed by atoms with Crippen molar-refractivity contribution in [2.24, 2.45) is 0 Å². The molecule has 2 aromatic rings. The Morgan fingerprint density at radius 3 is 2.18 bits per heavy atom. The van der Waals surface area contributed by atoms with Crippen LogP contribution in [0.3, 0.4) is 0 Å². The van der Waals surface area contributed by atoms with E-state index >= 15 is 0 Å². The lowest BCUT2D eigenvalue weighted by Crippen LogP contribution is -2.38. The van der Waals surface area contributed by atoms with Crippen LogP contribution in [-0.2, 0) is 9.59 Å². The molecular weight excluding hydrogens is 416 g/mol. The summed E-state index contributed by atoms with van der Waals surface area (Å²) in [5.74, 6) is -0.717. The summed E-state index contributed by atoms with van der Waals surface area (Å²) in [7, 11) is 0. The van der Waals surface area contributed by atoms with E-state index in [-0.39, 0.29) is 17.4 Å². The van der Waals surface area contributed by atoms with Crippen molar-refractivity contribution in [3.63, 3.8) is 0 Å². The van der Waals surface area contributed by atoms with Gasteiger partial charge in [0.25, 0.3) is 11.7 Å². The molecule has 1 amide bonds. The molecule has 1 fully saturated rings. The third-order valence-electron chi connectivity index (χ3n) is 5.98. The van der Waals surface area contributed by atoms with Gasteiger partial charge in [-0.25, -0.2) is 0 Å². The molecule has 0 bridgehead atoms. The molecule has 6 heteroatoms. The van der Waals surface area contributed by atoms with Gasteiger partial charge in [0.15, 0.2) is 0 Å². The predicted octanol–water partition coefficient (Wildman–Crippen LogP) is 4.55. The van der Waals surface area contributed by atoms with Crippen molar-refractivity contribution >= 4 is 17.4 Å². The van der Waals surface area contributed by atoms with Gasteiger partial charge in [0.2, 0.25) is 0 Å². The summed E-state index contributed by atoms with van der Waals surface area (Å²) in [6.45, 7) is 12.8. The van der Waals surface area contributed by atoms with Crippen molar-refractivity contribution in [1.29, 1.82) is 0 Å². The first kappa shape index (κ1) is 24.5. The Bertz CT molecular complexity index is 1010. The molecule has 2 aromatic carbocycles. The van der Waals surface area contributed by atoms with Crippen LogP contribution >= 0.6 is 0 Å². The Balaban J connectivity index is 2.04. The van der Waals surface area contributed by atoms with Crippen molar-refractivity contribution in [3.8, 4) is 5.75 Å². The van der Waals surface area contributed by atoms with E-state index in [9.17, 15) is 14.7 Å². The lowest BCUT2D eigenvalue weighted by Gasteiger charge is -2.28. The van der Waals surface area contributed by atoms with Gasteiger partial charge in [0, 0.05) is 18.7 Å². The maximum absolute atomic E-state index is 13.1. The quantitative estimate of drug-likeness (QED) is 0.345. The van der Waals surface area contributed by atoms with Crippen molar-refractivity contribution in [1.82, 2.24) is 9.80 Å². The second kappa shape index (κ2) is 10.7. The maximum Gasteiger partial charge on any atom is 0.295 e. The molecule has 1 atom stereocenters. The lowest BCUT2D eigenvalue weighted by atomic mass is 9.94. The Labute approximate surface area is 196 Å². The number of likely N-dealkylation sites (tertiary alicyclic amines) is 1. The summed E-state index contributed by atoms with van der Waals surface area (Å²) in [5, 5.41) is 11.2. The number of carbonyl (C=O) groups is 2. The van der Waals surface area contributed by atoms with Gasteiger partial charge in [-0.05, 0) is 63.7 Å². The molecule has 3 rings (SSSR count). The number of hydrogen-bond donors (Lipinski definition) is 1. The number of rotatable bonds is 9. The summed E-state index contributed by atoms with van der Waals surface area (Å²) < 4.78 is 5.68. The normalized spacial score (nSPS) is 17.9. The molecule has 1 aliphatic heterocycles. The van der Waals surface area contributed by atoms with E-state index < -0.39 is 17.7 Å². The number of Topliss-reactive ketones (excluding diaryl/α,β-unsaturated/α-hetero) is 1. The number of ketones is 1.